The van der Waals surface area contributed by atoms with Crippen LogP contribution in [-0.2, 0) is 16.6 Å². The van der Waals surface area contributed by atoms with Gasteiger partial charge < -0.3 is 9.73 Å². The van der Waals surface area contributed by atoms with Crippen LogP contribution in [0.2, 0.25) is 0 Å². The molecule has 0 spiro atoms. The van der Waals surface area contributed by atoms with Gasteiger partial charge in [-0.05, 0) is 37.8 Å². The molecule has 1 N–H and O–H groups in total. The van der Waals surface area contributed by atoms with Gasteiger partial charge in [0.1, 0.15) is 5.76 Å². The smallest absolute Gasteiger partial charge is 0.276 e. The first-order valence-electron chi connectivity index (χ1n) is 7.12. The molecule has 1 heterocycles. The zero-order valence-corrected chi connectivity index (χ0v) is 13.4. The van der Waals surface area contributed by atoms with Crippen molar-refractivity contribution in [2.75, 3.05) is 7.05 Å². The summed E-state index contributed by atoms with van der Waals surface area (Å²) in [7, 11) is -1.89. The van der Waals surface area contributed by atoms with E-state index < -0.39 is 10.0 Å². The number of nitrogens with zero attached hydrogens (tertiary/aromatic N) is 1. The van der Waals surface area contributed by atoms with Crippen LogP contribution in [0, 0.1) is 5.92 Å². The predicted octanol–water partition coefficient (Wildman–Crippen LogP) is 2.20. The van der Waals surface area contributed by atoms with Crippen molar-refractivity contribution in [2.24, 2.45) is 5.92 Å². The van der Waals surface area contributed by atoms with Crippen LogP contribution in [-0.4, -0.2) is 31.9 Å². The van der Waals surface area contributed by atoms with Crippen LogP contribution in [0.4, 0.5) is 0 Å². The summed E-state index contributed by atoms with van der Waals surface area (Å²) in [6.07, 6.45) is 2.23. The third-order valence-corrected chi connectivity index (χ3v) is 5.65. The van der Waals surface area contributed by atoms with Crippen molar-refractivity contribution in [3.63, 3.8) is 0 Å². The zero-order valence-electron chi connectivity index (χ0n) is 12.6. The fourth-order valence-corrected chi connectivity index (χ4v) is 3.48. The highest BCUT2D eigenvalue weighted by atomic mass is 32.2. The lowest BCUT2D eigenvalue weighted by atomic mass is 10.2. The summed E-state index contributed by atoms with van der Waals surface area (Å²) in [4.78, 5) is 0. The molecule has 0 radical (unpaired) electrons. The Morgan fingerprint density at radius 3 is 2.55 bits per heavy atom. The van der Waals surface area contributed by atoms with E-state index >= 15 is 0 Å². The fraction of sp³-hybridized carbons (Fsp3) is 0.714. The summed E-state index contributed by atoms with van der Waals surface area (Å²) in [6.45, 7) is 6.56. The molecular formula is C14H24N2O3S. The summed E-state index contributed by atoms with van der Waals surface area (Å²) in [5.74, 6) is 1.14. The molecule has 1 unspecified atom stereocenters. The van der Waals surface area contributed by atoms with Crippen molar-refractivity contribution in [1.29, 1.82) is 0 Å². The molecule has 0 saturated heterocycles. The summed E-state index contributed by atoms with van der Waals surface area (Å²) < 4.78 is 31.8. The highest BCUT2D eigenvalue weighted by Gasteiger charge is 2.37. The number of hydrogen-bond donors (Lipinski definition) is 1. The predicted molar refractivity (Wildman–Crippen MR) is 77.8 cm³/mol. The van der Waals surface area contributed by atoms with Gasteiger partial charge in [0.25, 0.3) is 10.0 Å². The summed E-state index contributed by atoms with van der Waals surface area (Å²) in [5.41, 5.74) is 0. The Morgan fingerprint density at radius 1 is 1.35 bits per heavy atom. The lowest BCUT2D eigenvalue weighted by Crippen LogP contribution is -2.36. The molecule has 2 rings (SSSR count). The largest absolute Gasteiger partial charge is 0.447 e. The van der Waals surface area contributed by atoms with E-state index in [9.17, 15) is 8.42 Å². The van der Waals surface area contributed by atoms with Crippen LogP contribution < -0.4 is 5.32 Å². The quantitative estimate of drug-likeness (QED) is 0.838. The average Bonchev–Trinajstić information content (AvgIpc) is 3.12. The Balaban J connectivity index is 2.09. The highest BCUT2D eigenvalue weighted by molar-refractivity contribution is 7.89. The van der Waals surface area contributed by atoms with Gasteiger partial charge in [0.05, 0.1) is 6.54 Å². The molecule has 0 aliphatic heterocycles. The Bertz CT molecular complexity index is 547. The fourth-order valence-electron chi connectivity index (χ4n) is 2.13. The summed E-state index contributed by atoms with van der Waals surface area (Å²) in [5, 5.41) is 3.24. The van der Waals surface area contributed by atoms with Crippen molar-refractivity contribution in [3.05, 3.63) is 17.9 Å². The van der Waals surface area contributed by atoms with E-state index in [1.165, 1.54) is 4.31 Å². The minimum Gasteiger partial charge on any atom is -0.447 e. The Kier molecular flexibility index (Phi) is 4.56. The minimum atomic E-state index is -3.52. The highest BCUT2D eigenvalue weighted by Crippen LogP contribution is 2.36. The molecule has 1 aliphatic carbocycles. The van der Waals surface area contributed by atoms with Crippen molar-refractivity contribution < 1.29 is 12.8 Å². The van der Waals surface area contributed by atoms with Crippen molar-refractivity contribution in [1.82, 2.24) is 9.62 Å². The maximum absolute atomic E-state index is 12.5. The van der Waals surface area contributed by atoms with Crippen molar-refractivity contribution >= 4 is 10.0 Å². The maximum Gasteiger partial charge on any atom is 0.276 e. The molecular weight excluding hydrogens is 276 g/mol. The third-order valence-electron chi connectivity index (χ3n) is 3.83. The SMILES string of the molecule is CC(C)NCc1ccc(S(=O)(=O)N(C)C(C)C2CC2)o1. The molecule has 0 aromatic carbocycles. The van der Waals surface area contributed by atoms with Gasteiger partial charge in [-0.3, -0.25) is 0 Å². The summed E-state index contributed by atoms with van der Waals surface area (Å²) >= 11 is 0. The third kappa shape index (κ3) is 3.42. The second kappa shape index (κ2) is 5.87. The molecule has 20 heavy (non-hydrogen) atoms. The Labute approximate surface area is 121 Å². The maximum atomic E-state index is 12.5. The van der Waals surface area contributed by atoms with Crippen LogP contribution >= 0.6 is 0 Å². The van der Waals surface area contributed by atoms with E-state index in [2.05, 4.69) is 5.32 Å². The first-order valence-corrected chi connectivity index (χ1v) is 8.56. The van der Waals surface area contributed by atoms with Gasteiger partial charge >= 0.3 is 0 Å². The number of hydrogen-bond acceptors (Lipinski definition) is 4. The molecule has 6 heteroatoms. The Hall–Kier alpha value is -0.850. The second-order valence-corrected chi connectivity index (χ2v) is 7.78. The number of furan rings is 1. The lowest BCUT2D eigenvalue weighted by Gasteiger charge is -2.22. The molecule has 1 aromatic heterocycles. The molecule has 5 nitrogen and oxygen atoms in total. The van der Waals surface area contributed by atoms with Gasteiger partial charge in [0.2, 0.25) is 5.09 Å². The van der Waals surface area contributed by atoms with Gasteiger partial charge in [0, 0.05) is 19.1 Å². The second-order valence-electron chi connectivity index (χ2n) is 5.86. The normalized spacial score (nSPS) is 17.9. The van der Waals surface area contributed by atoms with Crippen LogP contribution in [0.25, 0.3) is 0 Å². The number of nitrogens with one attached hydrogen (secondary N) is 1. The monoisotopic (exact) mass is 300 g/mol. The zero-order chi connectivity index (χ0) is 14.9. The van der Waals surface area contributed by atoms with Crippen molar-refractivity contribution in [3.8, 4) is 0 Å². The number of rotatable bonds is 7. The molecule has 1 saturated carbocycles. The topological polar surface area (TPSA) is 62.6 Å². The lowest BCUT2D eigenvalue weighted by molar-refractivity contribution is 0.332. The standard InChI is InChI=1S/C14H24N2O3S/c1-10(2)15-9-13-7-8-14(19-13)20(17,18)16(4)11(3)12-5-6-12/h7-8,10-12,15H,5-6,9H2,1-4H3. The molecule has 1 fully saturated rings. The van der Waals surface area contributed by atoms with Crippen LogP contribution in [0.3, 0.4) is 0 Å². The molecule has 1 aromatic rings. The van der Waals surface area contributed by atoms with Gasteiger partial charge in [-0.2, -0.15) is 4.31 Å². The molecule has 114 valence electrons. The summed E-state index contributed by atoms with van der Waals surface area (Å²) in [6, 6.07) is 3.63. The number of sulfonamides is 1. The van der Waals surface area contributed by atoms with E-state index in [1.54, 1.807) is 19.2 Å². The van der Waals surface area contributed by atoms with E-state index in [0.717, 1.165) is 12.8 Å². The van der Waals surface area contributed by atoms with Crippen LogP contribution in [0.5, 0.6) is 0 Å². The Morgan fingerprint density at radius 2 is 2.00 bits per heavy atom. The van der Waals surface area contributed by atoms with Crippen LogP contribution in [0.1, 0.15) is 39.4 Å². The van der Waals surface area contributed by atoms with E-state index in [-0.39, 0.29) is 11.1 Å². The first kappa shape index (κ1) is 15.5. The van der Waals surface area contributed by atoms with E-state index in [0.29, 0.717) is 24.3 Å². The molecule has 1 aliphatic rings. The van der Waals surface area contributed by atoms with Gasteiger partial charge in [-0.15, -0.1) is 0 Å². The van der Waals surface area contributed by atoms with Gasteiger partial charge in [-0.1, -0.05) is 13.8 Å². The van der Waals surface area contributed by atoms with Crippen LogP contribution in [0.15, 0.2) is 21.6 Å². The van der Waals surface area contributed by atoms with Gasteiger partial charge in [0.15, 0.2) is 0 Å². The molecule has 1 atom stereocenters. The van der Waals surface area contributed by atoms with E-state index in [4.69, 9.17) is 4.42 Å². The van der Waals surface area contributed by atoms with Crippen molar-refractivity contribution in [2.45, 2.75) is 57.3 Å². The molecule has 0 bridgehead atoms. The molecule has 0 amide bonds. The first-order chi connectivity index (χ1) is 9.32. The van der Waals surface area contributed by atoms with E-state index in [1.807, 2.05) is 20.8 Å². The minimum absolute atomic E-state index is 0.0299. The average molecular weight is 300 g/mol. The van der Waals surface area contributed by atoms with Gasteiger partial charge in [-0.25, -0.2) is 8.42 Å².